The first-order valence-corrected chi connectivity index (χ1v) is 8.06. The van der Waals surface area contributed by atoms with Crippen LogP contribution in [0.25, 0.3) is 0 Å². The van der Waals surface area contributed by atoms with E-state index in [1.165, 1.54) is 0 Å². The van der Waals surface area contributed by atoms with Crippen molar-refractivity contribution >= 4 is 0 Å². The molecule has 0 amide bonds. The molecular formula is C16H30O8. The van der Waals surface area contributed by atoms with Gasteiger partial charge < -0.3 is 40.1 Å². The van der Waals surface area contributed by atoms with E-state index in [1.54, 1.807) is 26.8 Å². The predicted molar refractivity (Wildman–Crippen MR) is 85.0 cm³/mol. The number of hydrogen-bond donors (Lipinski definition) is 6. The van der Waals surface area contributed by atoms with Crippen LogP contribution in [0.5, 0.6) is 0 Å². The maximum Gasteiger partial charge on any atom is 0.187 e. The molecule has 0 radical (unpaired) electrons. The maximum atomic E-state index is 10.0. The molecule has 0 bridgehead atoms. The number of ether oxygens (including phenoxy) is 2. The van der Waals surface area contributed by atoms with E-state index >= 15 is 0 Å². The summed E-state index contributed by atoms with van der Waals surface area (Å²) in [7, 11) is 0. The first-order chi connectivity index (χ1) is 11.1. The van der Waals surface area contributed by atoms with Gasteiger partial charge in [0.05, 0.1) is 24.9 Å². The van der Waals surface area contributed by atoms with Crippen molar-refractivity contribution in [3.05, 3.63) is 11.6 Å². The molecule has 1 aliphatic rings. The van der Waals surface area contributed by atoms with Gasteiger partial charge in [-0.05, 0) is 39.2 Å². The Morgan fingerprint density at radius 1 is 1.21 bits per heavy atom. The van der Waals surface area contributed by atoms with Crippen LogP contribution < -0.4 is 0 Å². The molecule has 0 aromatic carbocycles. The lowest BCUT2D eigenvalue weighted by molar-refractivity contribution is -0.298. The highest BCUT2D eigenvalue weighted by atomic mass is 16.7. The first kappa shape index (κ1) is 21.5. The third kappa shape index (κ3) is 6.38. The summed E-state index contributed by atoms with van der Waals surface area (Å²) in [6.07, 6.45) is -4.86. The van der Waals surface area contributed by atoms with E-state index in [-0.39, 0.29) is 6.61 Å². The molecule has 8 nitrogen and oxygen atoms in total. The molecule has 6 atom stereocenters. The van der Waals surface area contributed by atoms with Gasteiger partial charge in [-0.3, -0.25) is 0 Å². The molecule has 0 spiro atoms. The molecule has 1 aliphatic heterocycles. The number of rotatable bonds is 8. The van der Waals surface area contributed by atoms with Gasteiger partial charge in [-0.25, -0.2) is 0 Å². The van der Waals surface area contributed by atoms with Crippen molar-refractivity contribution in [2.24, 2.45) is 0 Å². The average Bonchev–Trinajstić information content (AvgIpc) is 2.51. The summed E-state index contributed by atoms with van der Waals surface area (Å²) < 4.78 is 10.5. The Morgan fingerprint density at radius 3 is 2.38 bits per heavy atom. The average molecular weight is 350 g/mol. The number of aliphatic hydroxyl groups excluding tert-OH is 5. The van der Waals surface area contributed by atoms with Gasteiger partial charge in [0.15, 0.2) is 6.29 Å². The van der Waals surface area contributed by atoms with Crippen molar-refractivity contribution in [1.29, 1.82) is 0 Å². The van der Waals surface area contributed by atoms with Crippen molar-refractivity contribution in [2.45, 2.75) is 76.0 Å². The Labute approximate surface area is 142 Å². The van der Waals surface area contributed by atoms with Crippen LogP contribution in [0.3, 0.4) is 0 Å². The third-order valence-electron chi connectivity index (χ3n) is 4.07. The quantitative estimate of drug-likeness (QED) is 0.296. The monoisotopic (exact) mass is 350 g/mol. The summed E-state index contributed by atoms with van der Waals surface area (Å²) >= 11 is 0. The largest absolute Gasteiger partial charge is 0.394 e. The molecule has 24 heavy (non-hydrogen) atoms. The lowest BCUT2D eigenvalue weighted by atomic mass is 9.97. The maximum absolute atomic E-state index is 10.0. The van der Waals surface area contributed by atoms with Crippen LogP contribution in [0.2, 0.25) is 0 Å². The fourth-order valence-electron chi connectivity index (χ4n) is 2.33. The standard InChI is InChI=1S/C16H30O8/c1-9(10(18)4-6-16(2,3)22)5-7-23-15-14(21)13(20)12(19)11(8-17)24-15/h5,10-15,17-22H,4,6-8H2,1-3H3/b9-5+/t10?,11-,12-,13+,14-,15-/m1/s1. The van der Waals surface area contributed by atoms with Crippen molar-refractivity contribution < 1.29 is 40.1 Å². The van der Waals surface area contributed by atoms with E-state index in [2.05, 4.69) is 0 Å². The molecule has 0 aliphatic carbocycles. The molecule has 0 aromatic heterocycles. The Kier molecular flexibility index (Phi) is 8.24. The van der Waals surface area contributed by atoms with Crippen LogP contribution >= 0.6 is 0 Å². The van der Waals surface area contributed by atoms with Crippen LogP contribution in [0.1, 0.15) is 33.6 Å². The van der Waals surface area contributed by atoms with E-state index in [4.69, 9.17) is 14.6 Å². The van der Waals surface area contributed by atoms with Gasteiger partial charge in [-0.2, -0.15) is 0 Å². The molecule has 1 unspecified atom stereocenters. The predicted octanol–water partition coefficient (Wildman–Crippen LogP) is -1.34. The minimum Gasteiger partial charge on any atom is -0.394 e. The summed E-state index contributed by atoms with van der Waals surface area (Å²) in [6.45, 7) is 4.54. The summed E-state index contributed by atoms with van der Waals surface area (Å²) in [6, 6.07) is 0. The summed E-state index contributed by atoms with van der Waals surface area (Å²) in [4.78, 5) is 0. The van der Waals surface area contributed by atoms with Gasteiger partial charge in [0.2, 0.25) is 0 Å². The smallest absolute Gasteiger partial charge is 0.187 e. The zero-order valence-electron chi connectivity index (χ0n) is 14.4. The van der Waals surface area contributed by atoms with Crippen LogP contribution in [-0.4, -0.2) is 86.3 Å². The van der Waals surface area contributed by atoms with Crippen molar-refractivity contribution in [1.82, 2.24) is 0 Å². The van der Waals surface area contributed by atoms with Gasteiger partial charge in [-0.1, -0.05) is 6.08 Å². The minimum absolute atomic E-state index is 0.00804. The molecule has 1 rings (SSSR count). The normalized spacial score (nSPS) is 33.5. The first-order valence-electron chi connectivity index (χ1n) is 8.06. The van der Waals surface area contributed by atoms with Gasteiger partial charge in [-0.15, -0.1) is 0 Å². The van der Waals surface area contributed by atoms with Gasteiger partial charge in [0, 0.05) is 0 Å². The molecule has 0 saturated carbocycles. The minimum atomic E-state index is -1.48. The highest BCUT2D eigenvalue weighted by Crippen LogP contribution is 2.22. The van der Waals surface area contributed by atoms with Crippen molar-refractivity contribution in [3.63, 3.8) is 0 Å². The van der Waals surface area contributed by atoms with Gasteiger partial charge in [0.25, 0.3) is 0 Å². The highest BCUT2D eigenvalue weighted by Gasteiger charge is 2.43. The van der Waals surface area contributed by atoms with Crippen LogP contribution in [0.15, 0.2) is 11.6 Å². The fourth-order valence-corrected chi connectivity index (χ4v) is 2.33. The van der Waals surface area contributed by atoms with Crippen LogP contribution in [0.4, 0.5) is 0 Å². The van der Waals surface area contributed by atoms with Crippen LogP contribution in [0, 0.1) is 0 Å². The lowest BCUT2D eigenvalue weighted by Gasteiger charge is -2.39. The van der Waals surface area contributed by atoms with E-state index in [0.717, 1.165) is 0 Å². The zero-order valence-corrected chi connectivity index (χ0v) is 14.4. The Hall–Kier alpha value is -0.580. The van der Waals surface area contributed by atoms with Crippen molar-refractivity contribution in [2.75, 3.05) is 13.2 Å². The molecule has 8 heteroatoms. The number of hydrogen-bond acceptors (Lipinski definition) is 8. The fraction of sp³-hybridized carbons (Fsp3) is 0.875. The molecule has 1 saturated heterocycles. The second-order valence-electron chi connectivity index (χ2n) is 6.85. The molecule has 0 aromatic rings. The summed E-state index contributed by atoms with van der Waals surface area (Å²) in [5.74, 6) is 0. The second kappa shape index (κ2) is 9.21. The van der Waals surface area contributed by atoms with Crippen LogP contribution in [-0.2, 0) is 9.47 Å². The van der Waals surface area contributed by atoms with Gasteiger partial charge >= 0.3 is 0 Å². The Morgan fingerprint density at radius 2 is 1.83 bits per heavy atom. The highest BCUT2D eigenvalue weighted by molar-refractivity contribution is 5.05. The molecule has 1 fully saturated rings. The second-order valence-corrected chi connectivity index (χ2v) is 6.85. The Bertz CT molecular complexity index is 403. The molecule has 1 heterocycles. The van der Waals surface area contributed by atoms with E-state index in [9.17, 15) is 25.5 Å². The Balaban J connectivity index is 2.49. The molecule has 142 valence electrons. The van der Waals surface area contributed by atoms with Gasteiger partial charge in [0.1, 0.15) is 24.4 Å². The zero-order chi connectivity index (χ0) is 18.5. The lowest BCUT2D eigenvalue weighted by Crippen LogP contribution is -2.59. The summed E-state index contributed by atoms with van der Waals surface area (Å²) in [5, 5.41) is 57.9. The SMILES string of the molecule is C/C(=C\CO[C@@H]1O[C@H](CO)[C@@H](O)[C@H](O)[C@H]1O)C(O)CCC(C)(C)O. The van der Waals surface area contributed by atoms with Crippen molar-refractivity contribution in [3.8, 4) is 0 Å². The summed E-state index contributed by atoms with van der Waals surface area (Å²) in [5.41, 5.74) is -0.211. The van der Waals surface area contributed by atoms with E-state index < -0.39 is 49.0 Å². The topological polar surface area (TPSA) is 140 Å². The number of aliphatic hydroxyl groups is 6. The van der Waals surface area contributed by atoms with E-state index in [0.29, 0.717) is 18.4 Å². The third-order valence-corrected chi connectivity index (χ3v) is 4.07. The molecular weight excluding hydrogens is 320 g/mol. The van der Waals surface area contributed by atoms with E-state index in [1.807, 2.05) is 0 Å². The molecule has 6 N–H and O–H groups in total.